The summed E-state index contributed by atoms with van der Waals surface area (Å²) in [5.74, 6) is -0.0658. The third-order valence-corrected chi connectivity index (χ3v) is 9.56. The molecule has 0 bridgehead atoms. The molecular formula is C32H36N4O2S2. The molecule has 0 radical (unpaired) electrons. The molecule has 0 amide bonds. The van der Waals surface area contributed by atoms with E-state index in [1.54, 1.807) is 22.7 Å². The largest absolute Gasteiger partial charge is 0.368 e. The first-order valence-electron chi connectivity index (χ1n) is 13.6. The van der Waals surface area contributed by atoms with E-state index in [9.17, 15) is 9.59 Å². The molecule has 0 spiro atoms. The molecule has 1 aliphatic rings. The van der Waals surface area contributed by atoms with Gasteiger partial charge in [0.15, 0.2) is 0 Å². The Morgan fingerprint density at radius 2 is 0.925 bits per heavy atom. The molecule has 4 aromatic rings. The molecule has 2 aromatic heterocycles. The van der Waals surface area contributed by atoms with E-state index >= 15 is 0 Å². The first-order chi connectivity index (χ1) is 18.9. The van der Waals surface area contributed by atoms with E-state index in [1.807, 2.05) is 59.3 Å². The quantitative estimate of drug-likeness (QED) is 0.232. The topological polar surface area (TPSA) is 66.4 Å². The summed E-state index contributed by atoms with van der Waals surface area (Å²) in [5.41, 5.74) is 4.47. The Morgan fingerprint density at radius 1 is 0.600 bits per heavy atom. The molecule has 0 unspecified atom stereocenters. The number of carbonyl (C=O) groups is 2. The van der Waals surface area contributed by atoms with Crippen LogP contribution in [0.25, 0.3) is 0 Å². The van der Waals surface area contributed by atoms with Gasteiger partial charge in [0.25, 0.3) is 0 Å². The van der Waals surface area contributed by atoms with Crippen LogP contribution in [0.5, 0.6) is 0 Å². The van der Waals surface area contributed by atoms with Gasteiger partial charge in [-0.2, -0.15) is 0 Å². The van der Waals surface area contributed by atoms with Gasteiger partial charge >= 0.3 is 0 Å². The highest BCUT2D eigenvalue weighted by Crippen LogP contribution is 2.29. The minimum Gasteiger partial charge on any atom is -0.368 e. The molecule has 3 heterocycles. The maximum atomic E-state index is 13.0. The van der Waals surface area contributed by atoms with E-state index in [4.69, 9.17) is 0 Å². The summed E-state index contributed by atoms with van der Waals surface area (Å²) in [6, 6.07) is 15.7. The van der Waals surface area contributed by atoms with Crippen molar-refractivity contribution in [3.8, 4) is 0 Å². The number of hydrogen-bond acceptors (Lipinski definition) is 8. The zero-order valence-electron chi connectivity index (χ0n) is 24.0. The lowest BCUT2D eigenvalue weighted by Gasteiger charge is -2.37. The van der Waals surface area contributed by atoms with Crippen molar-refractivity contribution in [1.29, 1.82) is 0 Å². The van der Waals surface area contributed by atoms with Crippen molar-refractivity contribution in [3.05, 3.63) is 91.8 Å². The SMILES string of the molecule is CC(C)(C)c1nc(C(=O)c2ccc(N3CCN(c4ccc(C(=O)c5csc(C(C)(C)C)n5)cc4)CC3)cc2)cs1. The number of piperazine rings is 1. The van der Waals surface area contributed by atoms with Crippen LogP contribution in [0.4, 0.5) is 11.4 Å². The van der Waals surface area contributed by atoms with Crippen LogP contribution in [0.15, 0.2) is 59.3 Å². The van der Waals surface area contributed by atoms with Crippen molar-refractivity contribution in [3.63, 3.8) is 0 Å². The van der Waals surface area contributed by atoms with Crippen molar-refractivity contribution >= 4 is 45.6 Å². The summed E-state index contributed by atoms with van der Waals surface area (Å²) in [5, 5.41) is 5.67. The van der Waals surface area contributed by atoms with E-state index in [0.717, 1.165) is 47.6 Å². The number of benzene rings is 2. The Morgan fingerprint density at radius 3 is 1.20 bits per heavy atom. The van der Waals surface area contributed by atoms with Gasteiger partial charge in [0.05, 0.1) is 10.0 Å². The summed E-state index contributed by atoms with van der Waals surface area (Å²) in [4.78, 5) is 39.8. The van der Waals surface area contributed by atoms with Crippen LogP contribution in [-0.2, 0) is 10.8 Å². The predicted octanol–water partition coefficient (Wildman–Crippen LogP) is 6.98. The molecule has 1 aliphatic heterocycles. The molecule has 2 aromatic carbocycles. The second-order valence-electron chi connectivity index (χ2n) is 12.3. The third-order valence-electron chi connectivity index (χ3n) is 7.03. The van der Waals surface area contributed by atoms with E-state index in [0.29, 0.717) is 22.5 Å². The summed E-state index contributed by atoms with van der Waals surface area (Å²) in [7, 11) is 0. The van der Waals surface area contributed by atoms with Gasteiger partial charge in [0, 0.05) is 70.3 Å². The first kappa shape index (κ1) is 28.2. The average Bonchev–Trinajstić information content (AvgIpc) is 3.64. The van der Waals surface area contributed by atoms with Crippen LogP contribution >= 0.6 is 22.7 Å². The standard InChI is InChI=1S/C32H36N4O2S2/c1-31(2,3)29-33-25(19-39-29)27(37)21-7-11-23(12-8-21)35-15-17-36(18-16-35)24-13-9-22(10-14-24)28(38)26-20-40-30(34-26)32(4,5)6/h7-14,19-20H,15-18H2,1-6H3. The number of carbonyl (C=O) groups excluding carboxylic acids is 2. The fourth-order valence-electron chi connectivity index (χ4n) is 4.61. The lowest BCUT2D eigenvalue weighted by molar-refractivity contribution is 0.102. The molecule has 0 atom stereocenters. The second kappa shape index (κ2) is 10.9. The summed E-state index contributed by atoms with van der Waals surface area (Å²) in [6.45, 7) is 16.2. The number of thiazole rings is 2. The van der Waals surface area contributed by atoms with Gasteiger partial charge in [0.2, 0.25) is 11.6 Å². The minimum absolute atomic E-state index is 0.0329. The molecule has 1 saturated heterocycles. The number of hydrogen-bond donors (Lipinski definition) is 0. The van der Waals surface area contributed by atoms with Gasteiger partial charge in [-0.1, -0.05) is 41.5 Å². The molecule has 0 N–H and O–H groups in total. The molecule has 5 rings (SSSR count). The number of nitrogens with zero attached hydrogens (tertiary/aromatic N) is 4. The zero-order valence-corrected chi connectivity index (χ0v) is 25.7. The van der Waals surface area contributed by atoms with Gasteiger partial charge in [-0.05, 0) is 48.5 Å². The Kier molecular flexibility index (Phi) is 7.68. The average molecular weight is 573 g/mol. The van der Waals surface area contributed by atoms with Gasteiger partial charge in [-0.15, -0.1) is 22.7 Å². The van der Waals surface area contributed by atoms with E-state index in [2.05, 4.69) is 61.3 Å². The van der Waals surface area contributed by atoms with Crippen LogP contribution in [0.3, 0.4) is 0 Å². The van der Waals surface area contributed by atoms with E-state index < -0.39 is 0 Å². The molecule has 40 heavy (non-hydrogen) atoms. The third kappa shape index (κ3) is 6.03. The van der Waals surface area contributed by atoms with Gasteiger partial charge in [0.1, 0.15) is 11.4 Å². The summed E-state index contributed by atoms with van der Waals surface area (Å²) >= 11 is 3.08. The highest BCUT2D eigenvalue weighted by atomic mass is 32.1. The van der Waals surface area contributed by atoms with Crippen molar-refractivity contribution in [2.45, 2.75) is 52.4 Å². The van der Waals surface area contributed by atoms with Crippen LogP contribution in [-0.4, -0.2) is 47.7 Å². The van der Waals surface area contributed by atoms with Crippen molar-refractivity contribution in [2.75, 3.05) is 36.0 Å². The summed E-state index contributed by atoms with van der Waals surface area (Å²) in [6.07, 6.45) is 0. The van der Waals surface area contributed by atoms with Crippen molar-refractivity contribution in [1.82, 2.24) is 9.97 Å². The van der Waals surface area contributed by atoms with Crippen LogP contribution in [0.2, 0.25) is 0 Å². The first-order valence-corrected chi connectivity index (χ1v) is 15.4. The molecular weight excluding hydrogens is 537 g/mol. The predicted molar refractivity (Wildman–Crippen MR) is 166 cm³/mol. The Labute approximate surface area is 244 Å². The molecule has 8 heteroatoms. The van der Waals surface area contributed by atoms with Crippen LogP contribution in [0, 0.1) is 0 Å². The Balaban J connectivity index is 1.18. The fraction of sp³-hybridized carbons (Fsp3) is 0.375. The highest BCUT2D eigenvalue weighted by Gasteiger charge is 2.23. The van der Waals surface area contributed by atoms with Gasteiger partial charge in [-0.25, -0.2) is 9.97 Å². The van der Waals surface area contributed by atoms with Gasteiger partial charge < -0.3 is 9.80 Å². The second-order valence-corrected chi connectivity index (χ2v) is 14.0. The lowest BCUT2D eigenvalue weighted by Crippen LogP contribution is -2.46. The van der Waals surface area contributed by atoms with E-state index in [1.165, 1.54) is 0 Å². The number of aromatic nitrogens is 2. The Bertz CT molecular complexity index is 1380. The molecule has 1 fully saturated rings. The maximum Gasteiger partial charge on any atom is 0.212 e. The van der Waals surface area contributed by atoms with Crippen molar-refractivity contribution in [2.24, 2.45) is 0 Å². The summed E-state index contributed by atoms with van der Waals surface area (Å²) < 4.78 is 0. The smallest absolute Gasteiger partial charge is 0.212 e. The molecule has 0 aliphatic carbocycles. The normalized spacial score (nSPS) is 14.4. The zero-order chi connectivity index (χ0) is 28.7. The lowest BCUT2D eigenvalue weighted by atomic mass is 9.98. The van der Waals surface area contributed by atoms with Gasteiger partial charge in [-0.3, -0.25) is 9.59 Å². The molecule has 208 valence electrons. The number of anilines is 2. The maximum absolute atomic E-state index is 13.0. The van der Waals surface area contributed by atoms with Crippen LogP contribution in [0.1, 0.15) is 83.7 Å². The Hall–Kier alpha value is -3.36. The highest BCUT2D eigenvalue weighted by molar-refractivity contribution is 7.10. The molecule has 6 nitrogen and oxygen atoms in total. The fourth-order valence-corrected chi connectivity index (χ4v) is 6.39. The minimum atomic E-state index is -0.0628. The monoisotopic (exact) mass is 572 g/mol. The molecule has 0 saturated carbocycles. The number of ketones is 2. The van der Waals surface area contributed by atoms with Crippen molar-refractivity contribution < 1.29 is 9.59 Å². The van der Waals surface area contributed by atoms with E-state index in [-0.39, 0.29) is 22.4 Å². The van der Waals surface area contributed by atoms with Crippen LogP contribution < -0.4 is 9.80 Å². The number of rotatable bonds is 6.